The quantitative estimate of drug-likeness (QED) is 0.879. The number of benzene rings is 1. The highest BCUT2D eigenvalue weighted by atomic mass is 79.9. The molecule has 5 heteroatoms. The van der Waals surface area contributed by atoms with Gasteiger partial charge in [0.05, 0.1) is 5.56 Å². The van der Waals surface area contributed by atoms with Crippen LogP contribution >= 0.6 is 15.9 Å². The molecule has 1 aliphatic rings. The lowest BCUT2D eigenvalue weighted by Gasteiger charge is -2.27. The monoisotopic (exact) mass is 325 g/mol. The molecule has 1 fully saturated rings. The van der Waals surface area contributed by atoms with Crippen molar-refractivity contribution in [3.05, 3.63) is 33.8 Å². The van der Waals surface area contributed by atoms with Gasteiger partial charge >= 0.3 is 0 Å². The van der Waals surface area contributed by atoms with Crippen molar-refractivity contribution < 1.29 is 4.79 Å². The summed E-state index contributed by atoms with van der Waals surface area (Å²) in [5.74, 6) is -0.0120. The van der Waals surface area contributed by atoms with Crippen molar-refractivity contribution in [2.75, 3.05) is 39.3 Å². The van der Waals surface area contributed by atoms with Crippen LogP contribution in [0.1, 0.15) is 15.9 Å². The van der Waals surface area contributed by atoms with Crippen LogP contribution in [0, 0.1) is 6.92 Å². The number of carbonyl (C=O) groups excluding carboxylic acids is 1. The van der Waals surface area contributed by atoms with Crippen molar-refractivity contribution in [1.29, 1.82) is 0 Å². The van der Waals surface area contributed by atoms with Crippen LogP contribution in [-0.4, -0.2) is 50.1 Å². The van der Waals surface area contributed by atoms with E-state index in [0.29, 0.717) is 12.1 Å². The zero-order chi connectivity index (χ0) is 13.7. The Kier molecular flexibility index (Phi) is 5.36. The highest BCUT2D eigenvalue weighted by Crippen LogP contribution is 2.18. The zero-order valence-electron chi connectivity index (χ0n) is 11.2. The Hall–Kier alpha value is -0.910. The van der Waals surface area contributed by atoms with Crippen molar-refractivity contribution in [3.63, 3.8) is 0 Å². The van der Waals surface area contributed by atoms with Gasteiger partial charge < -0.3 is 10.6 Å². The van der Waals surface area contributed by atoms with Gasteiger partial charge in [0.1, 0.15) is 0 Å². The lowest BCUT2D eigenvalue weighted by molar-refractivity contribution is 0.0946. The highest BCUT2D eigenvalue weighted by molar-refractivity contribution is 9.10. The van der Waals surface area contributed by atoms with E-state index in [-0.39, 0.29) is 5.91 Å². The smallest absolute Gasteiger partial charge is 0.252 e. The predicted molar refractivity (Wildman–Crippen MR) is 80.5 cm³/mol. The minimum absolute atomic E-state index is 0.0120. The SMILES string of the molecule is Cc1ccc(C(=O)NCCN2CCNCC2)c(Br)c1. The van der Waals surface area contributed by atoms with Crippen molar-refractivity contribution in [3.8, 4) is 0 Å². The van der Waals surface area contributed by atoms with Gasteiger partial charge in [-0.2, -0.15) is 0 Å². The van der Waals surface area contributed by atoms with E-state index in [1.54, 1.807) is 0 Å². The molecule has 0 spiro atoms. The van der Waals surface area contributed by atoms with Crippen molar-refractivity contribution in [2.45, 2.75) is 6.92 Å². The molecule has 1 aliphatic heterocycles. The van der Waals surface area contributed by atoms with E-state index >= 15 is 0 Å². The van der Waals surface area contributed by atoms with Gasteiger partial charge in [0.25, 0.3) is 5.91 Å². The van der Waals surface area contributed by atoms with Gasteiger partial charge in [-0.05, 0) is 40.5 Å². The summed E-state index contributed by atoms with van der Waals surface area (Å²) in [7, 11) is 0. The zero-order valence-corrected chi connectivity index (χ0v) is 12.8. The molecular formula is C14H20BrN3O. The maximum atomic E-state index is 12.0. The Balaban J connectivity index is 1.80. The molecule has 1 amide bonds. The maximum absolute atomic E-state index is 12.0. The first kappa shape index (κ1) is 14.5. The third kappa shape index (κ3) is 4.30. The summed E-state index contributed by atoms with van der Waals surface area (Å²) >= 11 is 3.44. The number of piperazine rings is 1. The first-order valence-electron chi connectivity index (χ1n) is 6.64. The minimum atomic E-state index is -0.0120. The van der Waals surface area contributed by atoms with E-state index in [4.69, 9.17) is 0 Å². The molecule has 2 N–H and O–H groups in total. The molecule has 0 aliphatic carbocycles. The van der Waals surface area contributed by atoms with Crippen molar-refractivity contribution >= 4 is 21.8 Å². The summed E-state index contributed by atoms with van der Waals surface area (Å²) in [6, 6.07) is 5.78. The van der Waals surface area contributed by atoms with Gasteiger partial charge in [-0.3, -0.25) is 9.69 Å². The van der Waals surface area contributed by atoms with Gasteiger partial charge in [-0.15, -0.1) is 0 Å². The number of nitrogens with zero attached hydrogens (tertiary/aromatic N) is 1. The van der Waals surface area contributed by atoms with Crippen LogP contribution in [0.5, 0.6) is 0 Å². The molecule has 0 aromatic heterocycles. The topological polar surface area (TPSA) is 44.4 Å². The summed E-state index contributed by atoms with van der Waals surface area (Å²) in [6.07, 6.45) is 0. The van der Waals surface area contributed by atoms with Gasteiger partial charge in [0.15, 0.2) is 0 Å². The summed E-state index contributed by atoms with van der Waals surface area (Å²) in [6.45, 7) is 7.82. The molecule has 0 bridgehead atoms. The van der Waals surface area contributed by atoms with Crippen LogP contribution in [0.3, 0.4) is 0 Å². The van der Waals surface area contributed by atoms with Crippen LogP contribution in [0.4, 0.5) is 0 Å². The summed E-state index contributed by atoms with van der Waals surface area (Å²) < 4.78 is 0.854. The molecule has 104 valence electrons. The maximum Gasteiger partial charge on any atom is 0.252 e. The molecule has 0 atom stereocenters. The van der Waals surface area contributed by atoms with E-state index < -0.39 is 0 Å². The third-order valence-electron chi connectivity index (χ3n) is 3.29. The van der Waals surface area contributed by atoms with Gasteiger partial charge in [-0.25, -0.2) is 0 Å². The first-order valence-corrected chi connectivity index (χ1v) is 7.43. The molecule has 0 unspecified atom stereocenters. The van der Waals surface area contributed by atoms with Gasteiger partial charge in [0.2, 0.25) is 0 Å². The van der Waals surface area contributed by atoms with Gasteiger partial charge in [-0.1, -0.05) is 6.07 Å². The predicted octanol–water partition coefficient (Wildman–Crippen LogP) is 1.39. The number of nitrogens with one attached hydrogen (secondary N) is 2. The lowest BCUT2D eigenvalue weighted by atomic mass is 10.1. The second-order valence-electron chi connectivity index (χ2n) is 4.83. The van der Waals surface area contributed by atoms with Crippen LogP contribution in [0.15, 0.2) is 22.7 Å². The van der Waals surface area contributed by atoms with Crippen molar-refractivity contribution in [1.82, 2.24) is 15.5 Å². The Labute approximate surface area is 122 Å². The minimum Gasteiger partial charge on any atom is -0.351 e. The second-order valence-corrected chi connectivity index (χ2v) is 5.69. The molecule has 19 heavy (non-hydrogen) atoms. The molecule has 0 radical (unpaired) electrons. The Bertz CT molecular complexity index is 444. The number of amides is 1. The number of carbonyl (C=O) groups is 1. The highest BCUT2D eigenvalue weighted by Gasteiger charge is 2.12. The molecule has 2 rings (SSSR count). The van der Waals surface area contributed by atoms with E-state index in [1.807, 2.05) is 25.1 Å². The number of hydrogen-bond donors (Lipinski definition) is 2. The van der Waals surface area contributed by atoms with E-state index in [1.165, 1.54) is 0 Å². The molecule has 1 aromatic rings. The molecule has 1 heterocycles. The average molecular weight is 326 g/mol. The fourth-order valence-corrected chi connectivity index (χ4v) is 2.84. The second kappa shape index (κ2) is 7.03. The molecular weight excluding hydrogens is 306 g/mol. The fraction of sp³-hybridized carbons (Fsp3) is 0.500. The lowest BCUT2D eigenvalue weighted by Crippen LogP contribution is -2.46. The number of aryl methyl sites for hydroxylation is 1. The summed E-state index contributed by atoms with van der Waals surface area (Å²) in [5.41, 5.74) is 1.84. The number of rotatable bonds is 4. The first-order chi connectivity index (χ1) is 9.16. The van der Waals surface area contributed by atoms with E-state index in [2.05, 4.69) is 31.5 Å². The van der Waals surface area contributed by atoms with Crippen LogP contribution < -0.4 is 10.6 Å². The van der Waals surface area contributed by atoms with Crippen LogP contribution in [-0.2, 0) is 0 Å². The Morgan fingerprint density at radius 2 is 2.16 bits per heavy atom. The van der Waals surface area contributed by atoms with Gasteiger partial charge in [0, 0.05) is 43.7 Å². The Morgan fingerprint density at radius 3 is 2.84 bits per heavy atom. The fourth-order valence-electron chi connectivity index (χ4n) is 2.16. The third-order valence-corrected chi connectivity index (χ3v) is 3.95. The molecule has 0 saturated carbocycles. The largest absolute Gasteiger partial charge is 0.351 e. The molecule has 4 nitrogen and oxygen atoms in total. The van der Waals surface area contributed by atoms with Crippen molar-refractivity contribution in [2.24, 2.45) is 0 Å². The molecule has 1 saturated heterocycles. The summed E-state index contributed by atoms with van der Waals surface area (Å²) in [5, 5.41) is 6.29. The number of halogens is 1. The Morgan fingerprint density at radius 1 is 1.42 bits per heavy atom. The summed E-state index contributed by atoms with van der Waals surface area (Å²) in [4.78, 5) is 14.4. The van der Waals surface area contributed by atoms with Crippen LogP contribution in [0.25, 0.3) is 0 Å². The number of hydrogen-bond acceptors (Lipinski definition) is 3. The molecule has 1 aromatic carbocycles. The van der Waals surface area contributed by atoms with Crippen LogP contribution in [0.2, 0.25) is 0 Å². The van der Waals surface area contributed by atoms with E-state index in [9.17, 15) is 4.79 Å². The normalized spacial score (nSPS) is 16.3. The van der Waals surface area contributed by atoms with E-state index in [0.717, 1.165) is 42.8 Å². The average Bonchev–Trinajstić information content (AvgIpc) is 2.39. The standard InChI is InChI=1S/C14H20BrN3O/c1-11-2-3-12(13(15)10-11)14(19)17-6-9-18-7-4-16-5-8-18/h2-3,10,16H,4-9H2,1H3,(H,17,19).